The van der Waals surface area contributed by atoms with E-state index < -0.39 is 21.4 Å². The average molecular weight is 316 g/mol. The van der Waals surface area contributed by atoms with E-state index in [0.717, 1.165) is 6.26 Å². The molecular formula is C13H20N2O5S. The van der Waals surface area contributed by atoms with Gasteiger partial charge in [0.15, 0.2) is 0 Å². The van der Waals surface area contributed by atoms with Gasteiger partial charge in [-0.15, -0.1) is 0 Å². The first-order valence-corrected chi connectivity index (χ1v) is 8.66. The van der Waals surface area contributed by atoms with E-state index in [1.807, 2.05) is 6.92 Å². The predicted octanol–water partition coefficient (Wildman–Crippen LogP) is 0.695. The van der Waals surface area contributed by atoms with Gasteiger partial charge in [-0.05, 0) is 39.5 Å². The van der Waals surface area contributed by atoms with Crippen molar-refractivity contribution in [1.82, 2.24) is 9.55 Å². The van der Waals surface area contributed by atoms with Gasteiger partial charge in [0.2, 0.25) is 0 Å². The van der Waals surface area contributed by atoms with E-state index in [4.69, 9.17) is 4.18 Å². The number of aromatic nitrogens is 2. The van der Waals surface area contributed by atoms with Crippen LogP contribution in [0, 0.1) is 6.92 Å². The maximum atomic E-state index is 11.8. The van der Waals surface area contributed by atoms with Crippen molar-refractivity contribution in [3.05, 3.63) is 32.6 Å². The van der Waals surface area contributed by atoms with Crippen LogP contribution in [0.2, 0.25) is 0 Å². The molecule has 0 amide bonds. The Balaban J connectivity index is 2.06. The van der Waals surface area contributed by atoms with E-state index in [9.17, 15) is 18.0 Å². The summed E-state index contributed by atoms with van der Waals surface area (Å²) < 4.78 is 29.0. The molecule has 0 aromatic carbocycles. The summed E-state index contributed by atoms with van der Waals surface area (Å²) in [6.45, 7) is 3.49. The fourth-order valence-corrected chi connectivity index (χ4v) is 3.25. The van der Waals surface area contributed by atoms with Gasteiger partial charge in [0, 0.05) is 17.8 Å². The van der Waals surface area contributed by atoms with Crippen LogP contribution in [0.4, 0.5) is 0 Å². The maximum absolute atomic E-state index is 11.8. The second-order valence-corrected chi connectivity index (χ2v) is 7.41. The lowest BCUT2D eigenvalue weighted by atomic mass is 10.1. The third kappa shape index (κ3) is 4.04. The average Bonchev–Trinajstić information content (AvgIpc) is 3.09. The number of nitrogens with zero attached hydrogens (tertiary/aromatic N) is 1. The minimum absolute atomic E-state index is 0.145. The first-order chi connectivity index (χ1) is 9.62. The van der Waals surface area contributed by atoms with Gasteiger partial charge in [0.1, 0.15) is 0 Å². The van der Waals surface area contributed by atoms with Crippen molar-refractivity contribution in [3.63, 3.8) is 0 Å². The molecule has 21 heavy (non-hydrogen) atoms. The van der Waals surface area contributed by atoms with Crippen molar-refractivity contribution in [2.45, 2.75) is 51.2 Å². The fourth-order valence-electron chi connectivity index (χ4n) is 2.36. The van der Waals surface area contributed by atoms with Crippen LogP contribution in [-0.2, 0) is 14.3 Å². The highest BCUT2D eigenvalue weighted by molar-refractivity contribution is 7.86. The molecule has 0 saturated heterocycles. The van der Waals surface area contributed by atoms with E-state index >= 15 is 0 Å². The highest BCUT2D eigenvalue weighted by Crippen LogP contribution is 2.45. The van der Waals surface area contributed by atoms with Gasteiger partial charge >= 0.3 is 5.69 Å². The zero-order valence-electron chi connectivity index (χ0n) is 12.4. The summed E-state index contributed by atoms with van der Waals surface area (Å²) in [5.74, 6) is 0. The van der Waals surface area contributed by atoms with E-state index in [1.54, 1.807) is 6.92 Å². The zero-order chi connectivity index (χ0) is 15.8. The van der Waals surface area contributed by atoms with Crippen molar-refractivity contribution < 1.29 is 12.6 Å². The summed E-state index contributed by atoms with van der Waals surface area (Å²) in [4.78, 5) is 25.4. The van der Waals surface area contributed by atoms with Crippen LogP contribution in [0.15, 0.2) is 15.8 Å². The quantitative estimate of drug-likeness (QED) is 0.779. The molecule has 7 nitrogen and oxygen atoms in total. The Morgan fingerprint density at radius 2 is 2.05 bits per heavy atom. The Morgan fingerprint density at radius 3 is 2.57 bits per heavy atom. The van der Waals surface area contributed by atoms with E-state index in [1.165, 1.54) is 10.8 Å². The van der Waals surface area contributed by atoms with E-state index in [2.05, 4.69) is 4.98 Å². The first-order valence-electron chi connectivity index (χ1n) is 6.85. The number of aryl methyl sites for hydroxylation is 1. The number of H-pyrrole nitrogens is 1. The molecule has 0 radical (unpaired) electrons. The molecule has 8 heteroatoms. The number of nitrogens with one attached hydrogen (secondary N) is 1. The van der Waals surface area contributed by atoms with Crippen LogP contribution in [0.3, 0.4) is 0 Å². The van der Waals surface area contributed by atoms with Gasteiger partial charge in [-0.25, -0.2) is 4.79 Å². The number of hydrogen-bond donors (Lipinski definition) is 1. The lowest BCUT2D eigenvalue weighted by molar-refractivity contribution is 0.168. The first kappa shape index (κ1) is 16.0. The highest BCUT2D eigenvalue weighted by atomic mass is 32.2. The SMILES string of the molecule is Cc1cn(C(C)CCC2(OS(C)(=O)=O)CC2)c(=O)[nH]c1=O. The van der Waals surface area contributed by atoms with Crippen LogP contribution in [0.25, 0.3) is 0 Å². The molecule has 2 rings (SSSR count). The predicted molar refractivity (Wildman–Crippen MR) is 77.9 cm³/mol. The lowest BCUT2D eigenvalue weighted by Gasteiger charge is -2.19. The molecule has 0 spiro atoms. The van der Waals surface area contributed by atoms with Gasteiger partial charge in [0.25, 0.3) is 15.7 Å². The molecule has 1 N–H and O–H groups in total. The normalized spacial score (nSPS) is 18.4. The lowest BCUT2D eigenvalue weighted by Crippen LogP contribution is -2.33. The molecule has 1 unspecified atom stereocenters. The Kier molecular flexibility index (Phi) is 4.12. The number of rotatable bonds is 6. The fraction of sp³-hybridized carbons (Fsp3) is 0.692. The van der Waals surface area contributed by atoms with Crippen LogP contribution in [-0.4, -0.2) is 29.8 Å². The monoisotopic (exact) mass is 316 g/mol. The van der Waals surface area contributed by atoms with Gasteiger partial charge < -0.3 is 0 Å². The molecule has 1 aliphatic carbocycles. The summed E-state index contributed by atoms with van der Waals surface area (Å²) in [6.07, 6.45) is 5.17. The molecule has 1 aromatic rings. The smallest absolute Gasteiger partial charge is 0.298 e. The van der Waals surface area contributed by atoms with Crippen LogP contribution >= 0.6 is 0 Å². The van der Waals surface area contributed by atoms with Crippen molar-refractivity contribution in [2.75, 3.05) is 6.26 Å². The summed E-state index contributed by atoms with van der Waals surface area (Å²) in [5.41, 5.74) is -0.965. The Morgan fingerprint density at radius 1 is 1.43 bits per heavy atom. The Hall–Kier alpha value is -1.41. The number of hydrogen-bond acceptors (Lipinski definition) is 5. The zero-order valence-corrected chi connectivity index (χ0v) is 13.2. The van der Waals surface area contributed by atoms with Gasteiger partial charge in [-0.1, -0.05) is 0 Å². The largest absolute Gasteiger partial charge is 0.328 e. The molecule has 1 saturated carbocycles. The number of aromatic amines is 1. The third-order valence-electron chi connectivity index (χ3n) is 3.77. The van der Waals surface area contributed by atoms with E-state index in [0.29, 0.717) is 31.2 Å². The summed E-state index contributed by atoms with van der Waals surface area (Å²) in [6, 6.07) is -0.145. The van der Waals surface area contributed by atoms with Crippen molar-refractivity contribution in [2.24, 2.45) is 0 Å². The second kappa shape index (κ2) is 5.42. The van der Waals surface area contributed by atoms with Crippen LogP contribution in [0.1, 0.15) is 44.2 Å². The topological polar surface area (TPSA) is 98.2 Å². The minimum Gasteiger partial charge on any atom is -0.298 e. The minimum atomic E-state index is -3.47. The molecule has 0 bridgehead atoms. The molecule has 1 aliphatic rings. The van der Waals surface area contributed by atoms with Gasteiger partial charge in [-0.2, -0.15) is 8.42 Å². The molecule has 1 heterocycles. The molecule has 118 valence electrons. The van der Waals surface area contributed by atoms with E-state index in [-0.39, 0.29) is 11.6 Å². The highest BCUT2D eigenvalue weighted by Gasteiger charge is 2.46. The Labute approximate surface area is 123 Å². The molecule has 0 aliphatic heterocycles. The molecule has 1 aromatic heterocycles. The van der Waals surface area contributed by atoms with Crippen molar-refractivity contribution in [1.29, 1.82) is 0 Å². The second-order valence-electron chi connectivity index (χ2n) is 5.84. The van der Waals surface area contributed by atoms with Crippen molar-refractivity contribution >= 4 is 10.1 Å². The molecular weight excluding hydrogens is 296 g/mol. The van der Waals surface area contributed by atoms with Gasteiger partial charge in [-0.3, -0.25) is 18.5 Å². The van der Waals surface area contributed by atoms with Crippen LogP contribution in [0.5, 0.6) is 0 Å². The van der Waals surface area contributed by atoms with Crippen LogP contribution < -0.4 is 11.2 Å². The Bertz CT molecular complexity index is 743. The van der Waals surface area contributed by atoms with Crippen molar-refractivity contribution in [3.8, 4) is 0 Å². The molecule has 1 atom stereocenters. The standard InChI is InChI=1S/C13H20N2O5S/c1-9-8-15(12(17)14-11(9)16)10(2)4-5-13(6-7-13)20-21(3,18)19/h8,10H,4-7H2,1-3H3,(H,14,16,17). The summed E-state index contributed by atoms with van der Waals surface area (Å²) >= 11 is 0. The summed E-state index contributed by atoms with van der Waals surface area (Å²) in [5, 5.41) is 0. The summed E-state index contributed by atoms with van der Waals surface area (Å²) in [7, 11) is -3.47. The molecule has 1 fully saturated rings. The maximum Gasteiger partial charge on any atom is 0.328 e. The van der Waals surface area contributed by atoms with Gasteiger partial charge in [0.05, 0.1) is 11.9 Å². The third-order valence-corrected chi connectivity index (χ3v) is 4.43.